The van der Waals surface area contributed by atoms with E-state index >= 15 is 0 Å². The Hall–Kier alpha value is -1.57. The molecule has 0 N–H and O–H groups in total. The molecule has 14 heavy (non-hydrogen) atoms. The highest BCUT2D eigenvalue weighted by molar-refractivity contribution is 5.83. The number of rotatable bonds is 2. The minimum atomic E-state index is 0.181. The number of aryl methyl sites for hydroxylation is 1. The molecule has 2 aliphatic rings. The van der Waals surface area contributed by atoms with Gasteiger partial charge in [0.1, 0.15) is 5.78 Å². The maximum absolute atomic E-state index is 11.0. The van der Waals surface area contributed by atoms with Crippen LogP contribution in [0.2, 0.25) is 0 Å². The van der Waals surface area contributed by atoms with Crippen LogP contribution in [0.3, 0.4) is 0 Å². The van der Waals surface area contributed by atoms with Crippen molar-refractivity contribution in [1.29, 1.82) is 0 Å². The Morgan fingerprint density at radius 3 is 2.93 bits per heavy atom. The van der Waals surface area contributed by atoms with Crippen LogP contribution in [-0.4, -0.2) is 5.78 Å². The molecular formula is C12H12O2. The molecule has 0 aromatic carbocycles. The van der Waals surface area contributed by atoms with E-state index in [1.165, 1.54) is 11.1 Å². The molecule has 1 aliphatic heterocycles. The number of hydrogen-bond acceptors (Lipinski definition) is 2. The summed E-state index contributed by atoms with van der Waals surface area (Å²) in [6.07, 6.45) is 3.86. The molecule has 0 fully saturated rings. The van der Waals surface area contributed by atoms with Crippen molar-refractivity contribution in [2.45, 2.75) is 20.3 Å². The molecule has 0 aromatic rings. The SMILES string of the molecule is CC(=O)Cc1cc(C)c2ccocc1-2. The molecule has 0 radical (unpaired) electrons. The Morgan fingerprint density at radius 2 is 2.21 bits per heavy atom. The highest BCUT2D eigenvalue weighted by Gasteiger charge is 2.14. The van der Waals surface area contributed by atoms with Gasteiger partial charge in [-0.25, -0.2) is 0 Å². The quantitative estimate of drug-likeness (QED) is 0.725. The lowest BCUT2D eigenvalue weighted by Crippen LogP contribution is -1.95. The highest BCUT2D eigenvalue weighted by atomic mass is 16.3. The van der Waals surface area contributed by atoms with Crippen molar-refractivity contribution in [2.24, 2.45) is 0 Å². The predicted molar refractivity (Wildman–Crippen MR) is 54.5 cm³/mol. The zero-order valence-electron chi connectivity index (χ0n) is 8.33. The Morgan fingerprint density at radius 1 is 1.43 bits per heavy atom. The van der Waals surface area contributed by atoms with Crippen LogP contribution in [0.4, 0.5) is 0 Å². The van der Waals surface area contributed by atoms with E-state index < -0.39 is 0 Å². The Balaban J connectivity index is 2.52. The Bertz CT molecular complexity index is 440. The second-order valence-corrected chi connectivity index (χ2v) is 3.62. The van der Waals surface area contributed by atoms with Crippen molar-refractivity contribution in [1.82, 2.24) is 0 Å². The third-order valence-electron chi connectivity index (χ3n) is 2.39. The molecule has 2 heteroatoms. The average Bonchev–Trinajstić information content (AvgIpc) is 2.44. The summed E-state index contributed by atoms with van der Waals surface area (Å²) in [6, 6.07) is 4.00. The average molecular weight is 188 g/mol. The summed E-state index contributed by atoms with van der Waals surface area (Å²) in [6.45, 7) is 3.65. The van der Waals surface area contributed by atoms with Crippen molar-refractivity contribution in [3.8, 4) is 11.1 Å². The monoisotopic (exact) mass is 188 g/mol. The van der Waals surface area contributed by atoms with E-state index in [1.54, 1.807) is 19.5 Å². The number of carbonyl (C=O) groups is 1. The van der Waals surface area contributed by atoms with E-state index in [9.17, 15) is 4.79 Å². The second-order valence-electron chi connectivity index (χ2n) is 3.62. The number of Topliss-reactive ketones (excluding diaryl/α,β-unsaturated/α-hetero) is 1. The fourth-order valence-corrected chi connectivity index (χ4v) is 1.79. The van der Waals surface area contributed by atoms with Crippen LogP contribution in [0.5, 0.6) is 0 Å². The zero-order valence-corrected chi connectivity index (χ0v) is 8.33. The molecule has 2 nitrogen and oxygen atoms in total. The van der Waals surface area contributed by atoms with E-state index in [2.05, 4.69) is 6.07 Å². The summed E-state index contributed by atoms with van der Waals surface area (Å²) in [5, 5.41) is 0. The maximum atomic E-state index is 11.0. The molecule has 0 unspecified atom stereocenters. The highest BCUT2D eigenvalue weighted by Crippen LogP contribution is 2.31. The molecule has 1 heterocycles. The maximum Gasteiger partial charge on any atom is 0.134 e. The standard InChI is InChI=1S/C12H12O2/c1-8-5-10(6-9(2)13)12-7-14-4-3-11(8)12/h3-5,7H,6H2,1-2H3. The first-order chi connectivity index (χ1) is 6.68. The van der Waals surface area contributed by atoms with Crippen LogP contribution >= 0.6 is 0 Å². The first-order valence-corrected chi connectivity index (χ1v) is 4.62. The fraction of sp³-hybridized carbons (Fsp3) is 0.250. The first kappa shape index (κ1) is 9.00. The smallest absolute Gasteiger partial charge is 0.134 e. The topological polar surface area (TPSA) is 30.2 Å². The van der Waals surface area contributed by atoms with Gasteiger partial charge < -0.3 is 4.42 Å². The van der Waals surface area contributed by atoms with Crippen molar-refractivity contribution >= 4 is 5.78 Å². The largest absolute Gasteiger partial charge is 0.472 e. The Kier molecular flexibility index (Phi) is 2.12. The van der Waals surface area contributed by atoms with E-state index in [-0.39, 0.29) is 5.78 Å². The number of carbonyl (C=O) groups excluding carboxylic acids is 1. The van der Waals surface area contributed by atoms with Crippen LogP contribution in [0.15, 0.2) is 29.1 Å². The molecule has 72 valence electrons. The number of ketones is 1. The van der Waals surface area contributed by atoms with Gasteiger partial charge in [-0.05, 0) is 36.6 Å². The van der Waals surface area contributed by atoms with E-state index in [4.69, 9.17) is 4.42 Å². The lowest BCUT2D eigenvalue weighted by Gasteiger charge is -2.00. The third kappa shape index (κ3) is 1.43. The van der Waals surface area contributed by atoms with Gasteiger partial charge in [0.25, 0.3) is 0 Å². The predicted octanol–water partition coefficient (Wildman–Crippen LogP) is 2.82. The molecule has 0 aromatic heterocycles. The molecule has 0 saturated carbocycles. The van der Waals surface area contributed by atoms with Crippen LogP contribution < -0.4 is 0 Å². The molecule has 1 aliphatic carbocycles. The van der Waals surface area contributed by atoms with Crippen molar-refractivity contribution in [3.63, 3.8) is 0 Å². The molecule has 2 rings (SSSR count). The fourth-order valence-electron chi connectivity index (χ4n) is 1.79. The van der Waals surface area contributed by atoms with Gasteiger partial charge in [-0.15, -0.1) is 0 Å². The summed E-state index contributed by atoms with van der Waals surface area (Å²) in [5.74, 6) is 0.181. The number of fused-ring (bicyclic) bond motifs is 1. The van der Waals surface area contributed by atoms with Crippen molar-refractivity contribution < 1.29 is 9.21 Å². The van der Waals surface area contributed by atoms with Gasteiger partial charge in [0.05, 0.1) is 12.5 Å². The van der Waals surface area contributed by atoms with E-state index in [0.29, 0.717) is 6.42 Å². The summed E-state index contributed by atoms with van der Waals surface area (Å²) in [7, 11) is 0. The lowest BCUT2D eigenvalue weighted by atomic mass is 10.1. The van der Waals surface area contributed by atoms with Crippen molar-refractivity contribution in [2.75, 3.05) is 0 Å². The van der Waals surface area contributed by atoms with Gasteiger partial charge in [0.2, 0.25) is 0 Å². The van der Waals surface area contributed by atoms with Gasteiger partial charge in [-0.3, -0.25) is 4.79 Å². The summed E-state index contributed by atoms with van der Waals surface area (Å²) in [4.78, 5) is 11.0. The van der Waals surface area contributed by atoms with Gasteiger partial charge in [0, 0.05) is 12.0 Å². The molecule has 0 spiro atoms. The molecular weight excluding hydrogens is 176 g/mol. The summed E-state index contributed by atoms with van der Waals surface area (Å²) in [5.41, 5.74) is 4.49. The second kappa shape index (κ2) is 3.29. The molecule has 0 atom stereocenters. The van der Waals surface area contributed by atoms with Crippen LogP contribution in [-0.2, 0) is 11.2 Å². The van der Waals surface area contributed by atoms with Gasteiger partial charge >= 0.3 is 0 Å². The summed E-state index contributed by atoms with van der Waals surface area (Å²) >= 11 is 0. The van der Waals surface area contributed by atoms with E-state index in [1.807, 2.05) is 13.0 Å². The van der Waals surface area contributed by atoms with Crippen LogP contribution in [0, 0.1) is 6.92 Å². The van der Waals surface area contributed by atoms with E-state index in [0.717, 1.165) is 11.1 Å². The molecule has 0 saturated heterocycles. The number of hydrogen-bond donors (Lipinski definition) is 0. The molecule has 0 amide bonds. The minimum absolute atomic E-state index is 0.181. The van der Waals surface area contributed by atoms with Crippen LogP contribution in [0.1, 0.15) is 18.1 Å². The van der Waals surface area contributed by atoms with Gasteiger partial charge in [-0.1, -0.05) is 6.07 Å². The van der Waals surface area contributed by atoms with Crippen LogP contribution in [0.25, 0.3) is 11.1 Å². The van der Waals surface area contributed by atoms with Crippen molar-refractivity contribution in [3.05, 3.63) is 35.8 Å². The molecule has 0 bridgehead atoms. The Labute approximate surface area is 82.9 Å². The minimum Gasteiger partial charge on any atom is -0.472 e. The zero-order chi connectivity index (χ0) is 10.1. The third-order valence-corrected chi connectivity index (χ3v) is 2.39. The summed E-state index contributed by atoms with van der Waals surface area (Å²) < 4.78 is 5.11. The normalized spacial score (nSPS) is 10.7. The first-order valence-electron chi connectivity index (χ1n) is 4.62. The van der Waals surface area contributed by atoms with Gasteiger partial charge in [-0.2, -0.15) is 0 Å². The van der Waals surface area contributed by atoms with Gasteiger partial charge in [0.15, 0.2) is 0 Å². The lowest BCUT2D eigenvalue weighted by molar-refractivity contribution is -0.116.